The second kappa shape index (κ2) is 9.15. The predicted octanol–water partition coefficient (Wildman–Crippen LogP) is 4.41. The van der Waals surface area contributed by atoms with Crippen LogP contribution in [0.3, 0.4) is 0 Å². The number of amides is 1. The van der Waals surface area contributed by atoms with Gasteiger partial charge in [-0.15, -0.1) is 0 Å². The molecule has 6 nitrogen and oxygen atoms in total. The molecular formula is C23H18ClN5O. The van der Waals surface area contributed by atoms with Crippen molar-refractivity contribution in [1.29, 1.82) is 0 Å². The van der Waals surface area contributed by atoms with E-state index in [-0.39, 0.29) is 5.91 Å². The lowest BCUT2D eigenvalue weighted by atomic mass is 10.1. The topological polar surface area (TPSA) is 72.2 Å². The molecule has 4 aromatic rings. The van der Waals surface area contributed by atoms with Gasteiger partial charge in [0.2, 0.25) is 0 Å². The SMILES string of the molecule is O=C(N/N=C\c1cn(Cc2ccccc2Cl)nc1-c1ccccc1)c1cccnc1. The molecule has 0 radical (unpaired) electrons. The van der Waals surface area contributed by atoms with E-state index in [0.717, 1.165) is 22.4 Å². The van der Waals surface area contributed by atoms with Crippen LogP contribution in [0, 0.1) is 0 Å². The van der Waals surface area contributed by atoms with Gasteiger partial charge in [-0.25, -0.2) is 5.43 Å². The van der Waals surface area contributed by atoms with E-state index in [9.17, 15) is 4.79 Å². The molecule has 0 bridgehead atoms. The Hall–Kier alpha value is -3.77. The Morgan fingerprint density at radius 1 is 1.07 bits per heavy atom. The second-order valence-corrected chi connectivity index (χ2v) is 6.94. The van der Waals surface area contributed by atoms with Gasteiger partial charge in [0.25, 0.3) is 5.91 Å². The Morgan fingerprint density at radius 3 is 2.63 bits per heavy atom. The summed E-state index contributed by atoms with van der Waals surface area (Å²) < 4.78 is 1.81. The van der Waals surface area contributed by atoms with Crippen molar-refractivity contribution in [3.63, 3.8) is 0 Å². The molecule has 0 fully saturated rings. The number of aromatic nitrogens is 3. The Labute approximate surface area is 178 Å². The summed E-state index contributed by atoms with van der Waals surface area (Å²) >= 11 is 6.29. The number of benzene rings is 2. The highest BCUT2D eigenvalue weighted by Gasteiger charge is 2.11. The number of carbonyl (C=O) groups excluding carboxylic acids is 1. The molecule has 148 valence electrons. The Kier molecular flexibility index (Phi) is 5.96. The maximum Gasteiger partial charge on any atom is 0.272 e. The molecule has 7 heteroatoms. The zero-order valence-electron chi connectivity index (χ0n) is 15.9. The third kappa shape index (κ3) is 4.61. The van der Waals surface area contributed by atoms with Gasteiger partial charge in [-0.1, -0.05) is 60.1 Å². The summed E-state index contributed by atoms with van der Waals surface area (Å²) in [6, 6.07) is 20.9. The minimum absolute atomic E-state index is 0.330. The summed E-state index contributed by atoms with van der Waals surface area (Å²) in [6.45, 7) is 0.523. The molecule has 4 rings (SSSR count). The minimum Gasteiger partial charge on any atom is -0.267 e. The normalized spacial score (nSPS) is 11.0. The molecule has 30 heavy (non-hydrogen) atoms. The number of carbonyl (C=O) groups is 1. The molecule has 0 unspecified atom stereocenters. The van der Waals surface area contributed by atoms with E-state index in [1.165, 1.54) is 6.20 Å². The average molecular weight is 416 g/mol. The maximum absolute atomic E-state index is 12.2. The van der Waals surface area contributed by atoms with Crippen molar-refractivity contribution in [1.82, 2.24) is 20.2 Å². The van der Waals surface area contributed by atoms with E-state index in [0.29, 0.717) is 17.1 Å². The number of pyridine rings is 1. The first-order chi connectivity index (χ1) is 14.7. The van der Waals surface area contributed by atoms with Gasteiger partial charge in [-0.05, 0) is 23.8 Å². The largest absolute Gasteiger partial charge is 0.272 e. The van der Waals surface area contributed by atoms with Crippen LogP contribution in [-0.2, 0) is 6.54 Å². The van der Waals surface area contributed by atoms with Crippen LogP contribution in [0.4, 0.5) is 0 Å². The quantitative estimate of drug-likeness (QED) is 0.374. The monoisotopic (exact) mass is 415 g/mol. The van der Waals surface area contributed by atoms with Crippen molar-refractivity contribution in [2.24, 2.45) is 5.10 Å². The zero-order valence-corrected chi connectivity index (χ0v) is 16.7. The standard InChI is InChI=1S/C23H18ClN5O/c24-21-11-5-4-9-19(21)15-29-16-20(22(28-29)17-7-2-1-3-8-17)14-26-27-23(30)18-10-6-12-25-13-18/h1-14,16H,15H2,(H,27,30)/b26-14-. The third-order valence-electron chi connectivity index (χ3n) is 4.42. The molecule has 2 heterocycles. The van der Waals surface area contributed by atoms with Gasteiger partial charge < -0.3 is 0 Å². The Morgan fingerprint density at radius 2 is 1.87 bits per heavy atom. The molecule has 0 aliphatic carbocycles. The molecule has 0 atom stereocenters. The number of rotatable bonds is 6. The lowest BCUT2D eigenvalue weighted by Crippen LogP contribution is -2.17. The third-order valence-corrected chi connectivity index (χ3v) is 4.79. The van der Waals surface area contributed by atoms with Crippen LogP contribution >= 0.6 is 11.6 Å². The van der Waals surface area contributed by atoms with Gasteiger partial charge >= 0.3 is 0 Å². The summed E-state index contributed by atoms with van der Waals surface area (Å²) in [5.41, 5.74) is 6.43. The van der Waals surface area contributed by atoms with E-state index in [1.54, 1.807) is 24.5 Å². The van der Waals surface area contributed by atoms with Gasteiger partial charge in [0.05, 0.1) is 18.3 Å². The lowest BCUT2D eigenvalue weighted by Gasteiger charge is -2.04. The fourth-order valence-electron chi connectivity index (χ4n) is 2.96. The van der Waals surface area contributed by atoms with Crippen LogP contribution in [0.5, 0.6) is 0 Å². The van der Waals surface area contributed by atoms with Crippen LogP contribution in [0.25, 0.3) is 11.3 Å². The van der Waals surface area contributed by atoms with Gasteiger partial charge in [-0.2, -0.15) is 10.2 Å². The zero-order chi connectivity index (χ0) is 20.8. The number of hydrogen-bond donors (Lipinski definition) is 1. The Balaban J connectivity index is 1.60. The van der Waals surface area contributed by atoms with Crippen molar-refractivity contribution in [2.45, 2.75) is 6.54 Å². The van der Waals surface area contributed by atoms with Crippen LogP contribution in [0.15, 0.2) is 90.4 Å². The molecule has 0 aliphatic rings. The molecule has 0 saturated carbocycles. The molecule has 0 spiro atoms. The summed E-state index contributed by atoms with van der Waals surface area (Å²) in [7, 11) is 0. The van der Waals surface area contributed by atoms with E-state index < -0.39 is 0 Å². The molecule has 0 saturated heterocycles. The summed E-state index contributed by atoms with van der Waals surface area (Å²) in [5.74, 6) is -0.330. The molecular weight excluding hydrogens is 398 g/mol. The van der Waals surface area contributed by atoms with Gasteiger partial charge in [0, 0.05) is 34.7 Å². The van der Waals surface area contributed by atoms with Crippen molar-refractivity contribution in [2.75, 3.05) is 0 Å². The highest BCUT2D eigenvalue weighted by atomic mass is 35.5. The van der Waals surface area contributed by atoms with Crippen LogP contribution in [0.1, 0.15) is 21.5 Å². The molecule has 1 N–H and O–H groups in total. The highest BCUT2D eigenvalue weighted by Crippen LogP contribution is 2.22. The fourth-order valence-corrected chi connectivity index (χ4v) is 3.15. The lowest BCUT2D eigenvalue weighted by molar-refractivity contribution is 0.0955. The van der Waals surface area contributed by atoms with Crippen molar-refractivity contribution >= 4 is 23.7 Å². The van der Waals surface area contributed by atoms with Crippen LogP contribution in [0.2, 0.25) is 5.02 Å². The van der Waals surface area contributed by atoms with Gasteiger partial charge in [-0.3, -0.25) is 14.5 Å². The molecule has 1 amide bonds. The van der Waals surface area contributed by atoms with Crippen molar-refractivity contribution in [3.8, 4) is 11.3 Å². The highest BCUT2D eigenvalue weighted by molar-refractivity contribution is 6.31. The Bertz CT molecular complexity index is 1170. The number of hydrogen-bond acceptors (Lipinski definition) is 4. The molecule has 0 aliphatic heterocycles. The first-order valence-electron chi connectivity index (χ1n) is 9.30. The number of nitrogens with one attached hydrogen (secondary N) is 1. The fraction of sp³-hybridized carbons (Fsp3) is 0.0435. The predicted molar refractivity (Wildman–Crippen MR) is 118 cm³/mol. The summed E-state index contributed by atoms with van der Waals surface area (Å²) in [6.07, 6.45) is 6.57. The maximum atomic E-state index is 12.2. The van der Waals surface area contributed by atoms with E-state index in [4.69, 9.17) is 16.7 Å². The number of nitrogens with zero attached hydrogens (tertiary/aromatic N) is 4. The van der Waals surface area contributed by atoms with Gasteiger partial charge in [0.1, 0.15) is 5.69 Å². The molecule has 2 aromatic heterocycles. The molecule has 2 aromatic carbocycles. The number of halogens is 1. The van der Waals surface area contributed by atoms with E-state index in [1.807, 2.05) is 65.5 Å². The minimum atomic E-state index is -0.330. The van der Waals surface area contributed by atoms with E-state index >= 15 is 0 Å². The summed E-state index contributed by atoms with van der Waals surface area (Å²) in [5, 5.41) is 9.52. The van der Waals surface area contributed by atoms with E-state index in [2.05, 4.69) is 15.5 Å². The van der Waals surface area contributed by atoms with Crippen molar-refractivity contribution in [3.05, 3.63) is 107 Å². The summed E-state index contributed by atoms with van der Waals surface area (Å²) in [4.78, 5) is 16.1. The second-order valence-electron chi connectivity index (χ2n) is 6.53. The van der Waals surface area contributed by atoms with Crippen LogP contribution < -0.4 is 5.43 Å². The van der Waals surface area contributed by atoms with Crippen LogP contribution in [-0.4, -0.2) is 26.9 Å². The van der Waals surface area contributed by atoms with Gasteiger partial charge in [0.15, 0.2) is 0 Å². The average Bonchev–Trinajstić information content (AvgIpc) is 3.19. The van der Waals surface area contributed by atoms with Crippen molar-refractivity contribution < 1.29 is 4.79 Å². The number of hydrazone groups is 1. The first kappa shape index (κ1) is 19.5. The smallest absolute Gasteiger partial charge is 0.267 e. The first-order valence-corrected chi connectivity index (χ1v) is 9.68.